The second kappa shape index (κ2) is 5.05. The maximum Gasteiger partial charge on any atom is 0.266 e. The zero-order valence-electron chi connectivity index (χ0n) is 11.8. The minimum Gasteiger partial charge on any atom is -0.397 e. The molecule has 20 heavy (non-hydrogen) atoms. The van der Waals surface area contributed by atoms with Gasteiger partial charge in [0.15, 0.2) is 0 Å². The van der Waals surface area contributed by atoms with Gasteiger partial charge in [0.1, 0.15) is 4.88 Å². The Morgan fingerprint density at radius 3 is 2.75 bits per heavy atom. The largest absolute Gasteiger partial charge is 0.397 e. The Hall–Kier alpha value is -1.62. The van der Waals surface area contributed by atoms with E-state index in [-0.39, 0.29) is 18.0 Å². The molecule has 2 N–H and O–H groups in total. The second-order valence-corrected chi connectivity index (χ2v) is 6.61. The maximum atomic E-state index is 12.8. The van der Waals surface area contributed by atoms with E-state index in [4.69, 9.17) is 5.73 Å². The molecular weight excluding hydrogens is 270 g/mol. The van der Waals surface area contributed by atoms with Crippen LogP contribution in [-0.4, -0.2) is 27.9 Å². The third kappa shape index (κ3) is 2.06. The highest BCUT2D eigenvalue weighted by Crippen LogP contribution is 2.35. The molecule has 3 rings (SSSR count). The number of thiophene rings is 1. The summed E-state index contributed by atoms with van der Waals surface area (Å²) in [5.74, 6) is 0.0726. The number of aromatic nitrogens is 1. The smallest absolute Gasteiger partial charge is 0.266 e. The molecule has 5 heteroatoms. The molecule has 0 aliphatic carbocycles. The molecule has 0 saturated carbocycles. The molecule has 1 aliphatic rings. The fourth-order valence-corrected chi connectivity index (χ4v) is 4.10. The van der Waals surface area contributed by atoms with Crippen LogP contribution in [0.2, 0.25) is 0 Å². The Kier molecular flexibility index (Phi) is 3.38. The van der Waals surface area contributed by atoms with Gasteiger partial charge in [-0.1, -0.05) is 0 Å². The van der Waals surface area contributed by atoms with Crippen molar-refractivity contribution in [3.8, 4) is 0 Å². The van der Waals surface area contributed by atoms with E-state index in [1.165, 1.54) is 17.8 Å². The van der Waals surface area contributed by atoms with E-state index in [1.807, 2.05) is 11.0 Å². The summed E-state index contributed by atoms with van der Waals surface area (Å²) in [5, 5.41) is 0.936. The molecule has 0 spiro atoms. The van der Waals surface area contributed by atoms with E-state index >= 15 is 0 Å². The van der Waals surface area contributed by atoms with Gasteiger partial charge in [-0.25, -0.2) is 0 Å². The number of nitrogens with zero attached hydrogens (tertiary/aromatic N) is 2. The van der Waals surface area contributed by atoms with Crippen molar-refractivity contribution in [2.24, 2.45) is 0 Å². The molecule has 2 aromatic rings. The third-order valence-corrected chi connectivity index (χ3v) is 5.30. The lowest BCUT2D eigenvalue weighted by molar-refractivity contribution is 0.0517. The number of carbonyl (C=O) groups excluding carboxylic acids is 1. The number of fused-ring (bicyclic) bond motifs is 1. The van der Waals surface area contributed by atoms with Crippen molar-refractivity contribution in [1.29, 1.82) is 0 Å². The van der Waals surface area contributed by atoms with Gasteiger partial charge in [-0.05, 0) is 39.2 Å². The van der Waals surface area contributed by atoms with Crippen LogP contribution in [0.1, 0.15) is 42.8 Å². The number of rotatable bonds is 1. The van der Waals surface area contributed by atoms with Crippen molar-refractivity contribution in [2.75, 3.05) is 5.73 Å². The molecule has 106 valence electrons. The van der Waals surface area contributed by atoms with Gasteiger partial charge >= 0.3 is 0 Å². The van der Waals surface area contributed by atoms with Crippen molar-refractivity contribution in [3.05, 3.63) is 23.3 Å². The minimum atomic E-state index is 0.0726. The average Bonchev–Trinajstić information content (AvgIpc) is 2.76. The monoisotopic (exact) mass is 289 g/mol. The lowest BCUT2D eigenvalue weighted by Crippen LogP contribution is -2.47. The molecule has 0 bridgehead atoms. The Morgan fingerprint density at radius 2 is 2.10 bits per heavy atom. The molecule has 4 nitrogen and oxygen atoms in total. The summed E-state index contributed by atoms with van der Waals surface area (Å²) in [6.07, 6.45) is 6.82. The first-order valence-electron chi connectivity index (χ1n) is 7.04. The summed E-state index contributed by atoms with van der Waals surface area (Å²) in [4.78, 5) is 19.6. The highest BCUT2D eigenvalue weighted by atomic mass is 32.1. The van der Waals surface area contributed by atoms with E-state index < -0.39 is 0 Å². The van der Waals surface area contributed by atoms with Crippen LogP contribution in [0, 0.1) is 0 Å². The van der Waals surface area contributed by atoms with E-state index in [0.29, 0.717) is 10.6 Å². The summed E-state index contributed by atoms with van der Waals surface area (Å²) in [6.45, 7) is 4.25. The molecule has 1 amide bonds. The van der Waals surface area contributed by atoms with Gasteiger partial charge in [-0.15, -0.1) is 11.3 Å². The van der Waals surface area contributed by atoms with Crippen molar-refractivity contribution in [2.45, 2.75) is 45.2 Å². The Balaban J connectivity index is 2.01. The first kappa shape index (κ1) is 13.4. The number of likely N-dealkylation sites (tertiary alicyclic amines) is 1. The predicted octanol–water partition coefficient (Wildman–Crippen LogP) is 3.28. The van der Waals surface area contributed by atoms with E-state index in [2.05, 4.69) is 18.8 Å². The number of piperidine rings is 1. The molecule has 0 unspecified atom stereocenters. The summed E-state index contributed by atoms with van der Waals surface area (Å²) < 4.78 is 0.977. The molecule has 0 aromatic carbocycles. The molecule has 1 fully saturated rings. The van der Waals surface area contributed by atoms with Crippen LogP contribution in [-0.2, 0) is 0 Å². The fraction of sp³-hybridized carbons (Fsp3) is 0.467. The van der Waals surface area contributed by atoms with Crippen LogP contribution in [0.4, 0.5) is 5.69 Å². The number of pyridine rings is 1. The van der Waals surface area contributed by atoms with Crippen LogP contribution in [0.5, 0.6) is 0 Å². The number of anilines is 1. The number of hydrogen-bond donors (Lipinski definition) is 1. The number of nitrogens with two attached hydrogens (primary N) is 1. The second-order valence-electron chi connectivity index (χ2n) is 5.56. The Morgan fingerprint density at radius 1 is 1.40 bits per heavy atom. The van der Waals surface area contributed by atoms with Crippen molar-refractivity contribution < 1.29 is 4.79 Å². The summed E-state index contributed by atoms with van der Waals surface area (Å²) in [7, 11) is 0. The molecule has 1 aliphatic heterocycles. The molecule has 3 heterocycles. The SMILES string of the molecule is C[C@@H]1CCC[C@H](C)N1C(=O)c1sc2cnccc2c1N. The Labute approximate surface area is 122 Å². The first-order valence-corrected chi connectivity index (χ1v) is 7.86. The van der Waals surface area contributed by atoms with Crippen LogP contribution >= 0.6 is 11.3 Å². The van der Waals surface area contributed by atoms with Crippen LogP contribution in [0.15, 0.2) is 18.5 Å². The number of carbonyl (C=O) groups is 1. The van der Waals surface area contributed by atoms with Gasteiger partial charge in [0.2, 0.25) is 0 Å². The van der Waals surface area contributed by atoms with Crippen LogP contribution in [0.25, 0.3) is 10.1 Å². The van der Waals surface area contributed by atoms with E-state index in [0.717, 1.165) is 22.9 Å². The zero-order valence-corrected chi connectivity index (χ0v) is 12.6. The normalized spacial score (nSPS) is 23.2. The van der Waals surface area contributed by atoms with Gasteiger partial charge in [-0.3, -0.25) is 9.78 Å². The summed E-state index contributed by atoms with van der Waals surface area (Å²) >= 11 is 1.45. The van der Waals surface area contributed by atoms with Crippen LogP contribution in [0.3, 0.4) is 0 Å². The molecule has 2 atom stereocenters. The summed E-state index contributed by atoms with van der Waals surface area (Å²) in [6, 6.07) is 2.45. The maximum absolute atomic E-state index is 12.8. The van der Waals surface area contributed by atoms with E-state index in [9.17, 15) is 4.79 Å². The highest BCUT2D eigenvalue weighted by Gasteiger charge is 2.31. The summed E-state index contributed by atoms with van der Waals surface area (Å²) in [5.41, 5.74) is 6.77. The topological polar surface area (TPSA) is 59.2 Å². The fourth-order valence-electron chi connectivity index (χ4n) is 3.07. The Bertz CT molecular complexity index is 642. The third-order valence-electron chi connectivity index (χ3n) is 4.15. The molecule has 2 aromatic heterocycles. The predicted molar refractivity (Wildman–Crippen MR) is 83.0 cm³/mol. The van der Waals surface area contributed by atoms with E-state index in [1.54, 1.807) is 12.4 Å². The van der Waals surface area contributed by atoms with Gasteiger partial charge in [0, 0.05) is 29.9 Å². The number of nitrogen functional groups attached to an aromatic ring is 1. The van der Waals surface area contributed by atoms with Gasteiger partial charge in [0.25, 0.3) is 5.91 Å². The lowest BCUT2D eigenvalue weighted by atomic mass is 9.97. The molecule has 0 radical (unpaired) electrons. The van der Waals surface area contributed by atoms with Crippen LogP contribution < -0.4 is 5.73 Å². The minimum absolute atomic E-state index is 0.0726. The first-order chi connectivity index (χ1) is 9.59. The lowest BCUT2D eigenvalue weighted by Gasteiger charge is -2.38. The quantitative estimate of drug-likeness (QED) is 0.876. The average molecular weight is 289 g/mol. The van der Waals surface area contributed by atoms with Gasteiger partial charge in [-0.2, -0.15) is 0 Å². The highest BCUT2D eigenvalue weighted by molar-refractivity contribution is 7.21. The molecular formula is C15H19N3OS. The van der Waals surface area contributed by atoms with Crippen molar-refractivity contribution >= 4 is 33.0 Å². The standard InChI is InChI=1S/C15H19N3OS/c1-9-4-3-5-10(2)18(9)15(19)14-13(16)11-6-7-17-8-12(11)20-14/h6-10H,3-5,16H2,1-2H3/t9-,10+. The number of amides is 1. The van der Waals surface area contributed by atoms with Gasteiger partial charge < -0.3 is 10.6 Å². The van der Waals surface area contributed by atoms with Crippen molar-refractivity contribution in [1.82, 2.24) is 9.88 Å². The molecule has 1 saturated heterocycles. The number of hydrogen-bond acceptors (Lipinski definition) is 4. The van der Waals surface area contributed by atoms with Gasteiger partial charge in [0.05, 0.1) is 10.4 Å². The van der Waals surface area contributed by atoms with Crippen molar-refractivity contribution in [3.63, 3.8) is 0 Å². The zero-order chi connectivity index (χ0) is 14.3.